The van der Waals surface area contributed by atoms with Crippen LogP contribution in [0.5, 0.6) is 0 Å². The molecule has 0 aliphatic carbocycles. The number of pyridine rings is 1. The van der Waals surface area contributed by atoms with Gasteiger partial charge in [0, 0.05) is 18.7 Å². The van der Waals surface area contributed by atoms with Crippen LogP contribution < -0.4 is 4.90 Å². The van der Waals surface area contributed by atoms with Crippen molar-refractivity contribution in [2.75, 3.05) is 11.4 Å². The number of aliphatic hydroxyl groups excluding tert-OH is 1. The van der Waals surface area contributed by atoms with Gasteiger partial charge in [0.15, 0.2) is 0 Å². The summed E-state index contributed by atoms with van der Waals surface area (Å²) >= 11 is 0. The second kappa shape index (κ2) is 3.38. The third-order valence-electron chi connectivity index (χ3n) is 2.38. The summed E-state index contributed by atoms with van der Waals surface area (Å²) in [4.78, 5) is 17.1. The number of nitrogens with zero attached hydrogens (tertiary/aromatic N) is 2. The van der Waals surface area contributed by atoms with Gasteiger partial charge in [-0.3, -0.25) is 9.78 Å². The normalized spacial score (nSPS) is 21.7. The molecule has 0 aromatic carbocycles. The fraction of sp³-hybridized carbons (Fsp3) is 0.400. The molecule has 1 aromatic heterocycles. The van der Waals surface area contributed by atoms with Crippen molar-refractivity contribution in [1.29, 1.82) is 0 Å². The van der Waals surface area contributed by atoms with Gasteiger partial charge in [0.1, 0.15) is 6.10 Å². The number of rotatable bonds is 1. The summed E-state index contributed by atoms with van der Waals surface area (Å²) in [5.74, 6) is -0.226. The Bertz CT molecular complexity index is 348. The monoisotopic (exact) mass is 192 g/mol. The van der Waals surface area contributed by atoms with Crippen molar-refractivity contribution in [2.24, 2.45) is 0 Å². The summed E-state index contributed by atoms with van der Waals surface area (Å²) in [6, 6.07) is 3.70. The molecule has 0 spiro atoms. The second-order valence-corrected chi connectivity index (χ2v) is 3.45. The van der Waals surface area contributed by atoms with Crippen LogP contribution in [0.25, 0.3) is 0 Å². The van der Waals surface area contributed by atoms with E-state index in [1.807, 2.05) is 19.1 Å². The first-order valence-corrected chi connectivity index (χ1v) is 4.60. The Morgan fingerprint density at radius 3 is 2.86 bits per heavy atom. The maximum atomic E-state index is 11.4. The Balaban J connectivity index is 2.24. The van der Waals surface area contributed by atoms with E-state index >= 15 is 0 Å². The molecule has 1 fully saturated rings. The van der Waals surface area contributed by atoms with E-state index < -0.39 is 6.10 Å². The van der Waals surface area contributed by atoms with Crippen LogP contribution >= 0.6 is 0 Å². The Labute approximate surface area is 82.2 Å². The van der Waals surface area contributed by atoms with E-state index in [-0.39, 0.29) is 5.91 Å². The van der Waals surface area contributed by atoms with Gasteiger partial charge < -0.3 is 10.0 Å². The number of aryl methyl sites for hydroxylation is 1. The zero-order chi connectivity index (χ0) is 10.1. The highest BCUT2D eigenvalue weighted by Gasteiger charge is 2.30. The SMILES string of the molecule is Cc1ccc(N2CC[C@@H](O)C2=O)cn1. The van der Waals surface area contributed by atoms with E-state index in [1.165, 1.54) is 0 Å². The zero-order valence-electron chi connectivity index (χ0n) is 7.97. The quantitative estimate of drug-likeness (QED) is 0.704. The number of aliphatic hydroxyl groups is 1. The predicted octanol–water partition coefficient (Wildman–Crippen LogP) is 0.488. The standard InChI is InChI=1S/C10H12N2O2/c1-7-2-3-8(6-11-7)12-5-4-9(13)10(12)14/h2-3,6,9,13H,4-5H2,1H3/t9-/m1/s1. The number of anilines is 1. The number of hydrogen-bond donors (Lipinski definition) is 1. The Hall–Kier alpha value is -1.42. The highest BCUT2D eigenvalue weighted by atomic mass is 16.3. The number of hydrogen-bond acceptors (Lipinski definition) is 3. The summed E-state index contributed by atoms with van der Waals surface area (Å²) in [5.41, 5.74) is 1.68. The third-order valence-corrected chi connectivity index (χ3v) is 2.38. The molecule has 4 heteroatoms. The van der Waals surface area contributed by atoms with E-state index in [0.717, 1.165) is 11.4 Å². The molecule has 0 unspecified atom stereocenters. The van der Waals surface area contributed by atoms with E-state index in [2.05, 4.69) is 4.98 Å². The van der Waals surface area contributed by atoms with Crippen LogP contribution in [0, 0.1) is 6.92 Å². The second-order valence-electron chi connectivity index (χ2n) is 3.45. The first-order chi connectivity index (χ1) is 6.68. The van der Waals surface area contributed by atoms with Gasteiger partial charge >= 0.3 is 0 Å². The van der Waals surface area contributed by atoms with Gasteiger partial charge in [-0.05, 0) is 19.1 Å². The van der Waals surface area contributed by atoms with Crippen LogP contribution in [-0.2, 0) is 4.79 Å². The average Bonchev–Trinajstić information content (AvgIpc) is 2.50. The molecular weight excluding hydrogens is 180 g/mol. The van der Waals surface area contributed by atoms with Crippen LogP contribution in [0.3, 0.4) is 0 Å². The third kappa shape index (κ3) is 1.48. The molecule has 0 radical (unpaired) electrons. The van der Waals surface area contributed by atoms with Crippen molar-refractivity contribution >= 4 is 11.6 Å². The largest absolute Gasteiger partial charge is 0.383 e. The molecular formula is C10H12N2O2. The molecule has 74 valence electrons. The number of carbonyl (C=O) groups is 1. The molecule has 1 aromatic rings. The van der Waals surface area contributed by atoms with E-state index in [9.17, 15) is 9.90 Å². The van der Waals surface area contributed by atoms with E-state index in [4.69, 9.17) is 0 Å². The Morgan fingerprint density at radius 1 is 1.57 bits per heavy atom. The summed E-state index contributed by atoms with van der Waals surface area (Å²) in [7, 11) is 0. The molecule has 1 saturated heterocycles. The maximum Gasteiger partial charge on any atom is 0.255 e. The molecule has 0 bridgehead atoms. The minimum absolute atomic E-state index is 0.226. The molecule has 14 heavy (non-hydrogen) atoms. The van der Waals surface area contributed by atoms with Gasteiger partial charge in [0.05, 0.1) is 11.9 Å². The van der Waals surface area contributed by atoms with Gasteiger partial charge in [-0.25, -0.2) is 0 Å². The fourth-order valence-corrected chi connectivity index (χ4v) is 1.54. The van der Waals surface area contributed by atoms with Gasteiger partial charge in [-0.2, -0.15) is 0 Å². The minimum Gasteiger partial charge on any atom is -0.383 e. The molecule has 2 rings (SSSR count). The van der Waals surface area contributed by atoms with Crippen molar-refractivity contribution in [3.05, 3.63) is 24.0 Å². The zero-order valence-corrected chi connectivity index (χ0v) is 7.97. The van der Waals surface area contributed by atoms with Crippen LogP contribution in [-0.4, -0.2) is 28.6 Å². The lowest BCUT2D eigenvalue weighted by Crippen LogP contribution is -2.29. The molecule has 1 N–H and O–H groups in total. The average molecular weight is 192 g/mol. The van der Waals surface area contributed by atoms with Gasteiger partial charge in [0.25, 0.3) is 5.91 Å². The lowest BCUT2D eigenvalue weighted by molar-refractivity contribution is -0.123. The van der Waals surface area contributed by atoms with Crippen LogP contribution in [0.15, 0.2) is 18.3 Å². The molecule has 1 aliphatic heterocycles. The lowest BCUT2D eigenvalue weighted by Gasteiger charge is -2.15. The van der Waals surface area contributed by atoms with Crippen molar-refractivity contribution in [1.82, 2.24) is 4.98 Å². The van der Waals surface area contributed by atoms with Crippen molar-refractivity contribution in [3.8, 4) is 0 Å². The highest BCUT2D eigenvalue weighted by Crippen LogP contribution is 2.20. The summed E-state index contributed by atoms with van der Waals surface area (Å²) in [5, 5.41) is 9.27. The summed E-state index contributed by atoms with van der Waals surface area (Å²) in [6.07, 6.45) is 1.33. The highest BCUT2D eigenvalue weighted by molar-refractivity contribution is 5.98. The maximum absolute atomic E-state index is 11.4. The van der Waals surface area contributed by atoms with Crippen LogP contribution in [0.2, 0.25) is 0 Å². The Morgan fingerprint density at radius 2 is 2.36 bits per heavy atom. The van der Waals surface area contributed by atoms with Crippen molar-refractivity contribution in [2.45, 2.75) is 19.4 Å². The number of carbonyl (C=O) groups excluding carboxylic acids is 1. The number of amides is 1. The minimum atomic E-state index is -0.837. The smallest absolute Gasteiger partial charge is 0.255 e. The van der Waals surface area contributed by atoms with E-state index in [1.54, 1.807) is 11.1 Å². The van der Waals surface area contributed by atoms with Gasteiger partial charge in [-0.1, -0.05) is 0 Å². The van der Waals surface area contributed by atoms with Crippen molar-refractivity contribution in [3.63, 3.8) is 0 Å². The first kappa shape index (κ1) is 9.15. The fourth-order valence-electron chi connectivity index (χ4n) is 1.54. The molecule has 1 aliphatic rings. The van der Waals surface area contributed by atoms with Crippen LogP contribution in [0.4, 0.5) is 5.69 Å². The summed E-state index contributed by atoms with van der Waals surface area (Å²) in [6.45, 7) is 2.47. The van der Waals surface area contributed by atoms with Gasteiger partial charge in [-0.15, -0.1) is 0 Å². The molecule has 4 nitrogen and oxygen atoms in total. The summed E-state index contributed by atoms with van der Waals surface area (Å²) < 4.78 is 0. The molecule has 1 amide bonds. The van der Waals surface area contributed by atoms with Crippen LogP contribution in [0.1, 0.15) is 12.1 Å². The predicted molar refractivity (Wildman–Crippen MR) is 52.0 cm³/mol. The topological polar surface area (TPSA) is 53.4 Å². The van der Waals surface area contributed by atoms with Crippen molar-refractivity contribution < 1.29 is 9.90 Å². The molecule has 1 atom stereocenters. The molecule has 0 saturated carbocycles. The number of aromatic nitrogens is 1. The Kier molecular flexibility index (Phi) is 2.21. The van der Waals surface area contributed by atoms with E-state index in [0.29, 0.717) is 13.0 Å². The first-order valence-electron chi connectivity index (χ1n) is 4.60. The lowest BCUT2D eigenvalue weighted by atomic mass is 10.3. The van der Waals surface area contributed by atoms with Gasteiger partial charge in [0.2, 0.25) is 0 Å². The molecule has 2 heterocycles.